The summed E-state index contributed by atoms with van der Waals surface area (Å²) in [6.45, 7) is 4.00. The van der Waals surface area contributed by atoms with Crippen LogP contribution in [-0.4, -0.2) is 14.2 Å². The number of ether oxygens (including phenoxy) is 2. The molecular weight excluding hydrogens is 243 g/mol. The molecule has 0 spiro atoms. The third kappa shape index (κ3) is 7.09. The maximum absolute atomic E-state index is 12.5. The van der Waals surface area contributed by atoms with Gasteiger partial charge in [-0.2, -0.15) is 0 Å². The van der Waals surface area contributed by atoms with Crippen LogP contribution in [0.3, 0.4) is 0 Å². The molecule has 3 heteroatoms. The van der Waals surface area contributed by atoms with Crippen molar-refractivity contribution in [3.05, 3.63) is 60.4 Å². The van der Waals surface area contributed by atoms with Crippen molar-refractivity contribution < 1.29 is 13.9 Å². The second-order valence-corrected chi connectivity index (χ2v) is 3.15. The van der Waals surface area contributed by atoms with Gasteiger partial charge in [0, 0.05) is 0 Å². The van der Waals surface area contributed by atoms with Gasteiger partial charge in [0.25, 0.3) is 0 Å². The Kier molecular flexibility index (Phi) is 9.90. The SMILES string of the molecule is CC.COc1ccccc1.COc1ccccc1F. The maximum Gasteiger partial charge on any atom is 0.165 e. The Hall–Kier alpha value is -2.03. The summed E-state index contributed by atoms with van der Waals surface area (Å²) in [5.74, 6) is 0.880. The zero-order valence-corrected chi connectivity index (χ0v) is 11.9. The molecule has 2 rings (SSSR count). The van der Waals surface area contributed by atoms with Crippen molar-refractivity contribution in [3.8, 4) is 11.5 Å². The van der Waals surface area contributed by atoms with Crippen molar-refractivity contribution in [1.29, 1.82) is 0 Å². The maximum atomic E-state index is 12.5. The van der Waals surface area contributed by atoms with Gasteiger partial charge in [0.05, 0.1) is 14.2 Å². The normalized spacial score (nSPS) is 8.26. The molecule has 0 bridgehead atoms. The van der Waals surface area contributed by atoms with Crippen LogP contribution in [0.15, 0.2) is 54.6 Å². The van der Waals surface area contributed by atoms with Crippen molar-refractivity contribution in [2.24, 2.45) is 0 Å². The standard InChI is InChI=1S/C7H7FO.C7H8O.C2H6/c1-9-7-5-3-2-4-6(7)8;1-8-7-5-3-2-4-6-7;1-2/h2-5H,1H3;2-6H,1H3;1-2H3. The number of methoxy groups -OCH3 is 2. The van der Waals surface area contributed by atoms with E-state index in [1.54, 1.807) is 25.3 Å². The van der Waals surface area contributed by atoms with Gasteiger partial charge in [0.1, 0.15) is 5.75 Å². The lowest BCUT2D eigenvalue weighted by Gasteiger charge is -1.97. The molecule has 0 atom stereocenters. The smallest absolute Gasteiger partial charge is 0.165 e. The summed E-state index contributed by atoms with van der Waals surface area (Å²) >= 11 is 0. The van der Waals surface area contributed by atoms with Crippen LogP contribution in [0, 0.1) is 5.82 Å². The Morgan fingerprint density at radius 2 is 1.26 bits per heavy atom. The van der Waals surface area contributed by atoms with E-state index >= 15 is 0 Å². The Bertz CT molecular complexity index is 430. The lowest BCUT2D eigenvalue weighted by atomic mass is 10.3. The van der Waals surface area contributed by atoms with E-state index in [1.165, 1.54) is 13.2 Å². The lowest BCUT2D eigenvalue weighted by Crippen LogP contribution is -1.85. The number of benzene rings is 2. The van der Waals surface area contributed by atoms with Gasteiger partial charge >= 0.3 is 0 Å². The van der Waals surface area contributed by atoms with Gasteiger partial charge < -0.3 is 9.47 Å². The zero-order chi connectivity index (χ0) is 14.5. The van der Waals surface area contributed by atoms with E-state index in [0.717, 1.165) is 5.75 Å². The third-order valence-corrected chi connectivity index (χ3v) is 2.04. The monoisotopic (exact) mass is 264 g/mol. The summed E-state index contributed by atoms with van der Waals surface area (Å²) in [5, 5.41) is 0. The van der Waals surface area contributed by atoms with Crippen LogP contribution in [0.1, 0.15) is 13.8 Å². The van der Waals surface area contributed by atoms with Gasteiger partial charge in [-0.3, -0.25) is 0 Å². The number of rotatable bonds is 2. The van der Waals surface area contributed by atoms with E-state index < -0.39 is 0 Å². The Balaban J connectivity index is 0.000000303. The van der Waals surface area contributed by atoms with Crippen LogP contribution in [0.5, 0.6) is 11.5 Å². The average Bonchev–Trinajstić information content (AvgIpc) is 2.51. The van der Waals surface area contributed by atoms with E-state index in [1.807, 2.05) is 44.2 Å². The lowest BCUT2D eigenvalue weighted by molar-refractivity contribution is 0.386. The summed E-state index contributed by atoms with van der Waals surface area (Å²) < 4.78 is 22.0. The molecule has 0 saturated carbocycles. The molecule has 0 aliphatic carbocycles. The molecule has 0 amide bonds. The molecule has 0 saturated heterocycles. The van der Waals surface area contributed by atoms with Gasteiger partial charge in [-0.1, -0.05) is 44.2 Å². The molecular formula is C16H21FO2. The highest BCUT2D eigenvalue weighted by molar-refractivity contribution is 5.23. The minimum atomic E-state index is -0.319. The molecule has 0 aliphatic heterocycles. The Morgan fingerprint density at radius 1 is 0.737 bits per heavy atom. The van der Waals surface area contributed by atoms with Crippen LogP contribution in [-0.2, 0) is 0 Å². The van der Waals surface area contributed by atoms with E-state index in [4.69, 9.17) is 4.74 Å². The minimum absolute atomic E-state index is 0.289. The predicted molar refractivity (Wildman–Crippen MR) is 77.3 cm³/mol. The van der Waals surface area contributed by atoms with Crippen LogP contribution >= 0.6 is 0 Å². The first kappa shape index (κ1) is 17.0. The first-order chi connectivity index (χ1) is 9.27. The second-order valence-electron chi connectivity index (χ2n) is 3.15. The third-order valence-electron chi connectivity index (χ3n) is 2.04. The molecule has 2 aromatic carbocycles. The van der Waals surface area contributed by atoms with Crippen molar-refractivity contribution >= 4 is 0 Å². The van der Waals surface area contributed by atoms with Gasteiger partial charge in [0.15, 0.2) is 11.6 Å². The van der Waals surface area contributed by atoms with Crippen LogP contribution in [0.25, 0.3) is 0 Å². The number of para-hydroxylation sites is 2. The molecule has 0 aliphatic rings. The fraction of sp³-hybridized carbons (Fsp3) is 0.250. The molecule has 2 aromatic rings. The van der Waals surface area contributed by atoms with Crippen molar-refractivity contribution in [2.75, 3.05) is 14.2 Å². The fourth-order valence-electron chi connectivity index (χ4n) is 1.17. The molecule has 0 heterocycles. The molecule has 0 fully saturated rings. The van der Waals surface area contributed by atoms with Gasteiger partial charge in [-0.05, 0) is 24.3 Å². The van der Waals surface area contributed by atoms with Crippen molar-refractivity contribution in [1.82, 2.24) is 0 Å². The second kappa shape index (κ2) is 11.1. The predicted octanol–water partition coefficient (Wildman–Crippen LogP) is 4.56. The minimum Gasteiger partial charge on any atom is -0.497 e. The summed E-state index contributed by atoms with van der Waals surface area (Å²) in [6, 6.07) is 16.0. The van der Waals surface area contributed by atoms with Gasteiger partial charge in [0.2, 0.25) is 0 Å². The molecule has 0 unspecified atom stereocenters. The van der Waals surface area contributed by atoms with E-state index in [-0.39, 0.29) is 11.6 Å². The topological polar surface area (TPSA) is 18.5 Å². The average molecular weight is 264 g/mol. The van der Waals surface area contributed by atoms with Crippen LogP contribution in [0.4, 0.5) is 4.39 Å². The Labute approximate surface area is 114 Å². The molecule has 19 heavy (non-hydrogen) atoms. The number of hydrogen-bond donors (Lipinski definition) is 0. The molecule has 104 valence electrons. The van der Waals surface area contributed by atoms with E-state index in [9.17, 15) is 4.39 Å². The highest BCUT2D eigenvalue weighted by Gasteiger charge is 1.95. The highest BCUT2D eigenvalue weighted by Crippen LogP contribution is 2.13. The molecule has 0 radical (unpaired) electrons. The van der Waals surface area contributed by atoms with E-state index in [0.29, 0.717) is 0 Å². The van der Waals surface area contributed by atoms with Crippen molar-refractivity contribution in [2.45, 2.75) is 13.8 Å². The summed E-state index contributed by atoms with van der Waals surface area (Å²) in [7, 11) is 3.10. The largest absolute Gasteiger partial charge is 0.497 e. The fourth-order valence-corrected chi connectivity index (χ4v) is 1.17. The Morgan fingerprint density at radius 3 is 1.63 bits per heavy atom. The quantitative estimate of drug-likeness (QED) is 0.792. The number of halogens is 1. The number of hydrogen-bond acceptors (Lipinski definition) is 2. The first-order valence-electron chi connectivity index (χ1n) is 6.15. The first-order valence-corrected chi connectivity index (χ1v) is 6.15. The molecule has 0 aromatic heterocycles. The summed E-state index contributed by atoms with van der Waals surface area (Å²) in [5.41, 5.74) is 0. The molecule has 2 nitrogen and oxygen atoms in total. The summed E-state index contributed by atoms with van der Waals surface area (Å²) in [6.07, 6.45) is 0. The zero-order valence-electron chi connectivity index (χ0n) is 11.9. The van der Waals surface area contributed by atoms with Gasteiger partial charge in [-0.25, -0.2) is 4.39 Å². The van der Waals surface area contributed by atoms with E-state index in [2.05, 4.69) is 4.74 Å². The van der Waals surface area contributed by atoms with Gasteiger partial charge in [-0.15, -0.1) is 0 Å². The van der Waals surface area contributed by atoms with Crippen LogP contribution < -0.4 is 9.47 Å². The van der Waals surface area contributed by atoms with Crippen molar-refractivity contribution in [3.63, 3.8) is 0 Å². The highest BCUT2D eigenvalue weighted by atomic mass is 19.1. The summed E-state index contributed by atoms with van der Waals surface area (Å²) in [4.78, 5) is 0. The van der Waals surface area contributed by atoms with Crippen LogP contribution in [0.2, 0.25) is 0 Å². The molecule has 0 N–H and O–H groups in total.